The molecule has 24 heavy (non-hydrogen) atoms. The van der Waals surface area contributed by atoms with E-state index in [1.165, 1.54) is 30.3 Å². The molecule has 3 aromatic rings. The molecular weight excluding hydrogens is 322 g/mol. The first kappa shape index (κ1) is 15.9. The van der Waals surface area contributed by atoms with Gasteiger partial charge in [-0.15, -0.1) is 0 Å². The summed E-state index contributed by atoms with van der Waals surface area (Å²) in [5, 5.41) is 0. The highest BCUT2D eigenvalue weighted by Gasteiger charge is 2.16. The van der Waals surface area contributed by atoms with Crippen LogP contribution in [0.15, 0.2) is 48.7 Å². The van der Waals surface area contributed by atoms with E-state index >= 15 is 0 Å². The minimum Gasteiger partial charge on any atom is -0.298 e. The number of carbonyl (C=O) groups is 1. The van der Waals surface area contributed by atoms with E-state index in [1.54, 1.807) is 0 Å². The fraction of sp³-hybridized carbons (Fsp3) is 0. The highest BCUT2D eigenvalue weighted by atomic mass is 19.2. The van der Waals surface area contributed by atoms with E-state index in [9.17, 15) is 22.4 Å². The largest absolute Gasteiger partial charge is 0.298 e. The molecule has 2 aromatic carbocycles. The van der Waals surface area contributed by atoms with Crippen LogP contribution in [-0.4, -0.2) is 11.3 Å². The maximum absolute atomic E-state index is 13.9. The Morgan fingerprint density at radius 3 is 2.00 bits per heavy atom. The molecule has 0 saturated heterocycles. The fourth-order valence-corrected chi connectivity index (χ4v) is 2.35. The Balaban J connectivity index is 2.18. The molecule has 0 fully saturated rings. The predicted octanol–water partition coefficient (Wildman–Crippen LogP) is 4.78. The lowest BCUT2D eigenvalue weighted by atomic mass is 9.99. The molecule has 3 rings (SSSR count). The number of hydrogen-bond acceptors (Lipinski definition) is 2. The molecule has 6 heteroatoms. The second-order valence-corrected chi connectivity index (χ2v) is 4.98. The van der Waals surface area contributed by atoms with Gasteiger partial charge in [-0.3, -0.25) is 9.78 Å². The Labute approximate surface area is 134 Å². The summed E-state index contributed by atoms with van der Waals surface area (Å²) in [6.45, 7) is 0. The average Bonchev–Trinajstić information content (AvgIpc) is 2.59. The molecule has 0 amide bonds. The second kappa shape index (κ2) is 6.23. The van der Waals surface area contributed by atoms with Gasteiger partial charge in [-0.1, -0.05) is 18.2 Å². The summed E-state index contributed by atoms with van der Waals surface area (Å²) in [5.74, 6) is -4.34. The van der Waals surface area contributed by atoms with Crippen molar-refractivity contribution in [2.75, 3.05) is 0 Å². The summed E-state index contributed by atoms with van der Waals surface area (Å²) in [6, 6.07) is 8.30. The summed E-state index contributed by atoms with van der Waals surface area (Å²) in [5.41, 5.74) is -0.231. The van der Waals surface area contributed by atoms with Crippen molar-refractivity contribution < 1.29 is 22.4 Å². The number of benzene rings is 2. The first-order valence-electron chi connectivity index (χ1n) is 6.87. The van der Waals surface area contributed by atoms with Crippen molar-refractivity contribution in [1.82, 2.24) is 4.98 Å². The van der Waals surface area contributed by atoms with Gasteiger partial charge in [-0.25, -0.2) is 17.6 Å². The monoisotopic (exact) mass is 331 g/mol. The zero-order valence-corrected chi connectivity index (χ0v) is 12.1. The number of aldehydes is 1. The molecule has 1 aromatic heterocycles. The Bertz CT molecular complexity index is 940. The van der Waals surface area contributed by atoms with Crippen molar-refractivity contribution in [2.45, 2.75) is 0 Å². The van der Waals surface area contributed by atoms with Gasteiger partial charge in [0.15, 0.2) is 29.6 Å². The van der Waals surface area contributed by atoms with Gasteiger partial charge < -0.3 is 0 Å². The van der Waals surface area contributed by atoms with Gasteiger partial charge in [0.1, 0.15) is 0 Å². The fourth-order valence-electron chi connectivity index (χ4n) is 2.35. The van der Waals surface area contributed by atoms with Crippen LogP contribution in [0.25, 0.3) is 22.4 Å². The van der Waals surface area contributed by atoms with Crippen molar-refractivity contribution in [3.8, 4) is 22.4 Å². The van der Waals surface area contributed by atoms with Gasteiger partial charge in [0.05, 0.1) is 5.69 Å². The molecule has 0 bridgehead atoms. The standard InChI is InChI=1S/C18H9F4NO/c19-14-5-1-3-11(17(14)21)13-8-23-16(7-10(13)9-24)12-4-2-6-15(20)18(12)22/h1-9H. The molecule has 120 valence electrons. The van der Waals surface area contributed by atoms with E-state index in [0.717, 1.165) is 18.3 Å². The molecule has 0 atom stereocenters. The third-order valence-electron chi connectivity index (χ3n) is 3.53. The SMILES string of the molecule is O=Cc1cc(-c2cccc(F)c2F)ncc1-c1cccc(F)c1F. The molecule has 0 unspecified atom stereocenters. The van der Waals surface area contributed by atoms with E-state index in [0.29, 0.717) is 6.29 Å². The molecule has 0 N–H and O–H groups in total. The van der Waals surface area contributed by atoms with Crippen molar-refractivity contribution in [2.24, 2.45) is 0 Å². The van der Waals surface area contributed by atoms with Crippen LogP contribution in [0.4, 0.5) is 17.6 Å². The van der Waals surface area contributed by atoms with E-state index in [1.807, 2.05) is 0 Å². The number of aromatic nitrogens is 1. The van der Waals surface area contributed by atoms with Crippen LogP contribution in [-0.2, 0) is 0 Å². The van der Waals surface area contributed by atoms with E-state index in [-0.39, 0.29) is 27.9 Å². The van der Waals surface area contributed by atoms with Gasteiger partial charge in [0.2, 0.25) is 0 Å². The summed E-state index contributed by atoms with van der Waals surface area (Å²) < 4.78 is 54.5. The molecule has 1 heterocycles. The van der Waals surface area contributed by atoms with Crippen LogP contribution in [0, 0.1) is 23.3 Å². The van der Waals surface area contributed by atoms with Crippen LogP contribution < -0.4 is 0 Å². The molecular formula is C18H9F4NO. The minimum atomic E-state index is -1.12. The number of nitrogens with zero attached hydrogens (tertiary/aromatic N) is 1. The number of carbonyl (C=O) groups excluding carboxylic acids is 1. The molecule has 0 radical (unpaired) electrons. The van der Waals surface area contributed by atoms with Crippen molar-refractivity contribution in [3.63, 3.8) is 0 Å². The highest BCUT2D eigenvalue weighted by molar-refractivity contribution is 5.89. The van der Waals surface area contributed by atoms with Crippen molar-refractivity contribution >= 4 is 6.29 Å². The van der Waals surface area contributed by atoms with Gasteiger partial charge >= 0.3 is 0 Å². The van der Waals surface area contributed by atoms with Gasteiger partial charge in [-0.2, -0.15) is 0 Å². The second-order valence-electron chi connectivity index (χ2n) is 4.98. The van der Waals surface area contributed by atoms with E-state index in [4.69, 9.17) is 0 Å². The molecule has 0 aliphatic heterocycles. The molecule has 0 aliphatic rings. The van der Waals surface area contributed by atoms with Crippen LogP contribution in [0.5, 0.6) is 0 Å². The molecule has 0 spiro atoms. The first-order chi connectivity index (χ1) is 11.5. The maximum Gasteiger partial charge on any atom is 0.168 e. The lowest BCUT2D eigenvalue weighted by Gasteiger charge is -2.09. The Hall–Kier alpha value is -3.02. The Kier molecular flexibility index (Phi) is 4.12. The van der Waals surface area contributed by atoms with E-state index in [2.05, 4.69) is 4.98 Å². The smallest absolute Gasteiger partial charge is 0.168 e. The van der Waals surface area contributed by atoms with Crippen LogP contribution in [0.2, 0.25) is 0 Å². The van der Waals surface area contributed by atoms with Crippen molar-refractivity contribution in [3.05, 3.63) is 77.5 Å². The normalized spacial score (nSPS) is 10.7. The average molecular weight is 331 g/mol. The molecule has 2 nitrogen and oxygen atoms in total. The minimum absolute atomic E-state index is 0.00895. The van der Waals surface area contributed by atoms with Gasteiger partial charge in [-0.05, 0) is 24.3 Å². The predicted molar refractivity (Wildman–Crippen MR) is 80.3 cm³/mol. The number of hydrogen-bond donors (Lipinski definition) is 0. The lowest BCUT2D eigenvalue weighted by Crippen LogP contribution is -1.98. The molecule has 0 aliphatic carbocycles. The highest BCUT2D eigenvalue weighted by Crippen LogP contribution is 2.30. The lowest BCUT2D eigenvalue weighted by molar-refractivity contribution is 0.112. The van der Waals surface area contributed by atoms with Gasteiger partial charge in [0.25, 0.3) is 0 Å². The maximum atomic E-state index is 13.9. The Morgan fingerprint density at radius 2 is 1.38 bits per heavy atom. The topological polar surface area (TPSA) is 30.0 Å². The number of rotatable bonds is 3. The summed E-state index contributed by atoms with van der Waals surface area (Å²) in [7, 11) is 0. The third kappa shape index (κ3) is 2.67. The first-order valence-corrected chi connectivity index (χ1v) is 6.87. The third-order valence-corrected chi connectivity index (χ3v) is 3.53. The number of pyridine rings is 1. The summed E-state index contributed by atoms with van der Waals surface area (Å²) >= 11 is 0. The zero-order valence-electron chi connectivity index (χ0n) is 12.1. The van der Waals surface area contributed by atoms with Crippen LogP contribution >= 0.6 is 0 Å². The van der Waals surface area contributed by atoms with Crippen LogP contribution in [0.1, 0.15) is 10.4 Å². The zero-order chi connectivity index (χ0) is 17.3. The number of halogens is 4. The summed E-state index contributed by atoms with van der Waals surface area (Å²) in [4.78, 5) is 15.3. The summed E-state index contributed by atoms with van der Waals surface area (Å²) in [6.07, 6.45) is 1.54. The quantitative estimate of drug-likeness (QED) is 0.510. The Morgan fingerprint density at radius 1 is 0.792 bits per heavy atom. The van der Waals surface area contributed by atoms with Crippen LogP contribution in [0.3, 0.4) is 0 Å². The van der Waals surface area contributed by atoms with E-state index < -0.39 is 23.3 Å². The van der Waals surface area contributed by atoms with Crippen molar-refractivity contribution in [1.29, 1.82) is 0 Å². The van der Waals surface area contributed by atoms with Gasteiger partial charge in [0, 0.05) is 28.5 Å². The molecule has 0 saturated carbocycles.